The number of ketones is 1. The summed E-state index contributed by atoms with van der Waals surface area (Å²) in [6.45, 7) is 3.56. The molecule has 90 valence electrons. The van der Waals surface area contributed by atoms with E-state index in [1.807, 2.05) is 18.2 Å². The third-order valence-electron chi connectivity index (χ3n) is 4.11. The topological polar surface area (TPSA) is 20.3 Å². The molecule has 0 amide bonds. The molecule has 2 heteroatoms. The Morgan fingerprint density at radius 1 is 1.18 bits per heavy atom. The number of rotatable bonds is 3. The fourth-order valence-corrected chi connectivity index (χ4v) is 3.09. The number of benzene rings is 1. The second-order valence-corrected chi connectivity index (χ2v) is 5.26. The van der Waals surface area contributed by atoms with Gasteiger partial charge >= 0.3 is 0 Å². The van der Waals surface area contributed by atoms with Gasteiger partial charge in [0.15, 0.2) is 5.78 Å². The minimum atomic E-state index is 0.244. The minimum absolute atomic E-state index is 0.244. The van der Waals surface area contributed by atoms with Gasteiger partial charge in [0.1, 0.15) is 0 Å². The van der Waals surface area contributed by atoms with Gasteiger partial charge in [0, 0.05) is 11.5 Å². The zero-order valence-electron chi connectivity index (χ0n) is 10.2. The van der Waals surface area contributed by atoms with Crippen molar-refractivity contribution in [1.82, 2.24) is 4.90 Å². The third-order valence-corrected chi connectivity index (χ3v) is 4.11. The van der Waals surface area contributed by atoms with Crippen molar-refractivity contribution in [2.45, 2.75) is 25.7 Å². The summed E-state index contributed by atoms with van der Waals surface area (Å²) >= 11 is 0. The molecule has 0 bridgehead atoms. The molecule has 0 radical (unpaired) electrons. The molecule has 17 heavy (non-hydrogen) atoms. The first-order valence-electron chi connectivity index (χ1n) is 6.69. The summed E-state index contributed by atoms with van der Waals surface area (Å²) in [7, 11) is 0. The highest BCUT2D eigenvalue weighted by Crippen LogP contribution is 2.29. The summed E-state index contributed by atoms with van der Waals surface area (Å²) in [5.74, 6) is 0.618. The average molecular weight is 229 g/mol. The maximum absolute atomic E-state index is 12.2. The van der Waals surface area contributed by atoms with Crippen LogP contribution in [0.5, 0.6) is 0 Å². The fourth-order valence-electron chi connectivity index (χ4n) is 3.09. The first-order valence-corrected chi connectivity index (χ1v) is 6.69. The third kappa shape index (κ3) is 2.14. The van der Waals surface area contributed by atoms with Crippen LogP contribution in [-0.2, 0) is 6.42 Å². The van der Waals surface area contributed by atoms with Crippen LogP contribution in [0.2, 0.25) is 0 Å². The molecule has 1 aromatic rings. The SMILES string of the molecule is O=C1c2ccccc2CC1CCN1CCCC1. The van der Waals surface area contributed by atoms with Gasteiger partial charge in [-0.3, -0.25) is 4.79 Å². The van der Waals surface area contributed by atoms with Gasteiger partial charge in [-0.05, 0) is 50.9 Å². The molecule has 1 atom stereocenters. The molecule has 1 aliphatic heterocycles. The normalized spacial score (nSPS) is 24.2. The van der Waals surface area contributed by atoms with Crippen molar-refractivity contribution < 1.29 is 4.79 Å². The maximum atomic E-state index is 12.2. The van der Waals surface area contributed by atoms with Crippen molar-refractivity contribution in [3.8, 4) is 0 Å². The van der Waals surface area contributed by atoms with E-state index in [9.17, 15) is 4.79 Å². The second-order valence-electron chi connectivity index (χ2n) is 5.26. The summed E-state index contributed by atoms with van der Waals surface area (Å²) in [6.07, 6.45) is 4.66. The molecule has 1 unspecified atom stereocenters. The number of likely N-dealkylation sites (tertiary alicyclic amines) is 1. The van der Waals surface area contributed by atoms with Gasteiger partial charge in [0.25, 0.3) is 0 Å². The summed E-state index contributed by atoms with van der Waals surface area (Å²) in [4.78, 5) is 14.7. The molecular weight excluding hydrogens is 210 g/mol. The first kappa shape index (κ1) is 11.0. The lowest BCUT2D eigenvalue weighted by Gasteiger charge is -2.16. The molecule has 1 fully saturated rings. The molecule has 2 nitrogen and oxygen atoms in total. The van der Waals surface area contributed by atoms with E-state index in [0.29, 0.717) is 5.78 Å². The van der Waals surface area contributed by atoms with E-state index in [2.05, 4.69) is 11.0 Å². The highest BCUT2D eigenvalue weighted by Gasteiger charge is 2.30. The molecule has 1 heterocycles. The lowest BCUT2D eigenvalue weighted by atomic mass is 10.0. The number of carbonyl (C=O) groups is 1. The Kier molecular flexibility index (Phi) is 2.98. The Morgan fingerprint density at radius 2 is 1.94 bits per heavy atom. The van der Waals surface area contributed by atoms with E-state index in [1.54, 1.807) is 0 Å². The Balaban J connectivity index is 1.61. The molecule has 3 rings (SSSR count). The zero-order valence-corrected chi connectivity index (χ0v) is 10.2. The molecule has 0 N–H and O–H groups in total. The summed E-state index contributed by atoms with van der Waals surface area (Å²) in [5.41, 5.74) is 2.22. The number of Topliss-reactive ketones (excluding diaryl/α,β-unsaturated/α-hetero) is 1. The van der Waals surface area contributed by atoms with Gasteiger partial charge in [-0.2, -0.15) is 0 Å². The number of hydrogen-bond acceptors (Lipinski definition) is 2. The van der Waals surface area contributed by atoms with Crippen molar-refractivity contribution in [1.29, 1.82) is 0 Å². The van der Waals surface area contributed by atoms with E-state index in [1.165, 1.54) is 31.5 Å². The van der Waals surface area contributed by atoms with Crippen LogP contribution in [-0.4, -0.2) is 30.3 Å². The van der Waals surface area contributed by atoms with Crippen LogP contribution in [0, 0.1) is 5.92 Å². The maximum Gasteiger partial charge on any atom is 0.166 e. The molecule has 0 saturated carbocycles. The van der Waals surface area contributed by atoms with E-state index in [0.717, 1.165) is 24.9 Å². The molecule has 0 spiro atoms. The van der Waals surface area contributed by atoms with Gasteiger partial charge in [0.2, 0.25) is 0 Å². The predicted octanol–water partition coefficient (Wildman–Crippen LogP) is 2.53. The lowest BCUT2D eigenvalue weighted by molar-refractivity contribution is 0.0923. The summed E-state index contributed by atoms with van der Waals surface area (Å²) in [5, 5.41) is 0. The molecule has 0 aromatic heterocycles. The number of hydrogen-bond donors (Lipinski definition) is 0. The van der Waals surface area contributed by atoms with Gasteiger partial charge in [-0.15, -0.1) is 0 Å². The average Bonchev–Trinajstić information content (AvgIpc) is 2.96. The molecule has 2 aliphatic rings. The number of nitrogens with zero attached hydrogens (tertiary/aromatic N) is 1. The summed E-state index contributed by atoms with van der Waals surface area (Å²) in [6, 6.07) is 8.09. The van der Waals surface area contributed by atoms with Gasteiger partial charge in [-0.25, -0.2) is 0 Å². The van der Waals surface area contributed by atoms with Crippen LogP contribution in [0.25, 0.3) is 0 Å². The highest BCUT2D eigenvalue weighted by molar-refractivity contribution is 6.02. The largest absolute Gasteiger partial charge is 0.303 e. The molecule has 1 aliphatic carbocycles. The van der Waals surface area contributed by atoms with Crippen molar-refractivity contribution in [3.05, 3.63) is 35.4 Å². The number of carbonyl (C=O) groups excluding carboxylic acids is 1. The van der Waals surface area contributed by atoms with Crippen LogP contribution in [0.15, 0.2) is 24.3 Å². The van der Waals surface area contributed by atoms with Crippen LogP contribution < -0.4 is 0 Å². The van der Waals surface area contributed by atoms with Crippen LogP contribution >= 0.6 is 0 Å². The number of fused-ring (bicyclic) bond motifs is 1. The Bertz CT molecular complexity index is 421. The van der Waals surface area contributed by atoms with E-state index in [-0.39, 0.29) is 5.92 Å². The first-order chi connectivity index (χ1) is 8.34. The highest BCUT2D eigenvalue weighted by atomic mass is 16.1. The van der Waals surface area contributed by atoms with Crippen molar-refractivity contribution in [2.24, 2.45) is 5.92 Å². The van der Waals surface area contributed by atoms with E-state index in [4.69, 9.17) is 0 Å². The minimum Gasteiger partial charge on any atom is -0.303 e. The van der Waals surface area contributed by atoms with Crippen LogP contribution in [0.3, 0.4) is 0 Å². The molecule has 1 saturated heterocycles. The van der Waals surface area contributed by atoms with Crippen LogP contribution in [0.1, 0.15) is 35.2 Å². The standard InChI is InChI=1S/C15H19NO/c17-15-13(7-10-16-8-3-4-9-16)11-12-5-1-2-6-14(12)15/h1-2,5-6,13H,3-4,7-11H2. The van der Waals surface area contributed by atoms with E-state index >= 15 is 0 Å². The molecule has 1 aromatic carbocycles. The lowest BCUT2D eigenvalue weighted by Crippen LogP contribution is -2.24. The fraction of sp³-hybridized carbons (Fsp3) is 0.533. The summed E-state index contributed by atoms with van der Waals surface area (Å²) < 4.78 is 0. The molecular formula is C15H19NO. The van der Waals surface area contributed by atoms with Gasteiger partial charge in [-0.1, -0.05) is 24.3 Å². The van der Waals surface area contributed by atoms with Gasteiger partial charge in [0.05, 0.1) is 0 Å². The van der Waals surface area contributed by atoms with Crippen molar-refractivity contribution >= 4 is 5.78 Å². The Hall–Kier alpha value is -1.15. The van der Waals surface area contributed by atoms with Crippen molar-refractivity contribution in [2.75, 3.05) is 19.6 Å². The zero-order chi connectivity index (χ0) is 11.7. The quantitative estimate of drug-likeness (QED) is 0.794. The second kappa shape index (κ2) is 4.61. The van der Waals surface area contributed by atoms with Crippen LogP contribution in [0.4, 0.5) is 0 Å². The van der Waals surface area contributed by atoms with Gasteiger partial charge < -0.3 is 4.90 Å². The smallest absolute Gasteiger partial charge is 0.166 e. The van der Waals surface area contributed by atoms with Crippen molar-refractivity contribution in [3.63, 3.8) is 0 Å². The monoisotopic (exact) mass is 229 g/mol. The Morgan fingerprint density at radius 3 is 2.71 bits per heavy atom. The van der Waals surface area contributed by atoms with E-state index < -0.39 is 0 Å². The predicted molar refractivity (Wildman–Crippen MR) is 68.3 cm³/mol. The Labute approximate surface area is 103 Å².